The van der Waals surface area contributed by atoms with E-state index in [9.17, 15) is 9.59 Å². The highest BCUT2D eigenvalue weighted by Gasteiger charge is 2.11. The van der Waals surface area contributed by atoms with Crippen molar-refractivity contribution < 1.29 is 23.8 Å². The van der Waals surface area contributed by atoms with Crippen LogP contribution in [0.4, 0.5) is 5.69 Å². The van der Waals surface area contributed by atoms with Crippen molar-refractivity contribution in [2.45, 2.75) is 0 Å². The molecule has 8 heteroatoms. The second-order valence-corrected chi connectivity index (χ2v) is 5.96. The molecule has 1 amide bonds. The molecule has 0 radical (unpaired) electrons. The van der Waals surface area contributed by atoms with Gasteiger partial charge in [-0.2, -0.15) is 0 Å². The molecule has 2 aromatic rings. The zero-order valence-corrected chi connectivity index (χ0v) is 16.1. The number of para-hydroxylation sites is 1. The number of amides is 1. The van der Waals surface area contributed by atoms with Gasteiger partial charge in [-0.1, -0.05) is 41.4 Å². The fourth-order valence-electron chi connectivity index (χ4n) is 2.17. The average Bonchev–Trinajstić information content (AvgIpc) is 2.67. The van der Waals surface area contributed by atoms with Gasteiger partial charge in [-0.25, -0.2) is 4.79 Å². The molecular weight excluding hydrogens is 393 g/mol. The van der Waals surface area contributed by atoms with Crippen LogP contribution in [-0.2, 0) is 14.3 Å². The van der Waals surface area contributed by atoms with Crippen molar-refractivity contribution in [1.82, 2.24) is 0 Å². The minimum absolute atomic E-state index is 0.212. The number of esters is 1. The fourth-order valence-corrected chi connectivity index (χ4v) is 2.52. The summed E-state index contributed by atoms with van der Waals surface area (Å²) in [6.07, 6.45) is 2.70. The fraction of sp³-hybridized carbons (Fsp3) is 0.158. The zero-order valence-electron chi connectivity index (χ0n) is 14.6. The molecule has 6 nitrogen and oxygen atoms in total. The lowest BCUT2D eigenvalue weighted by Gasteiger charge is -2.10. The molecule has 0 saturated heterocycles. The van der Waals surface area contributed by atoms with E-state index in [1.165, 1.54) is 26.4 Å². The number of benzene rings is 2. The van der Waals surface area contributed by atoms with Crippen molar-refractivity contribution in [3.63, 3.8) is 0 Å². The van der Waals surface area contributed by atoms with Crippen LogP contribution in [0.3, 0.4) is 0 Å². The molecule has 1 N–H and O–H groups in total. The number of nitrogens with one attached hydrogen (secondary N) is 1. The average molecular weight is 410 g/mol. The molecule has 0 aliphatic rings. The van der Waals surface area contributed by atoms with Gasteiger partial charge in [0, 0.05) is 11.6 Å². The molecule has 0 aromatic heterocycles. The zero-order chi connectivity index (χ0) is 19.8. The summed E-state index contributed by atoms with van der Waals surface area (Å²) in [5, 5.41) is 3.04. The van der Waals surface area contributed by atoms with E-state index in [1.54, 1.807) is 36.4 Å². The highest BCUT2D eigenvalue weighted by molar-refractivity contribution is 6.44. The van der Waals surface area contributed by atoms with Gasteiger partial charge in [0.1, 0.15) is 0 Å². The van der Waals surface area contributed by atoms with Gasteiger partial charge >= 0.3 is 5.97 Å². The lowest BCUT2D eigenvalue weighted by atomic mass is 10.1. The van der Waals surface area contributed by atoms with Crippen molar-refractivity contribution in [1.29, 1.82) is 0 Å². The molecule has 142 valence electrons. The van der Waals surface area contributed by atoms with E-state index in [2.05, 4.69) is 5.32 Å². The van der Waals surface area contributed by atoms with E-state index in [-0.39, 0.29) is 5.02 Å². The summed E-state index contributed by atoms with van der Waals surface area (Å²) in [7, 11) is 3.02. The summed E-state index contributed by atoms with van der Waals surface area (Å²) < 4.78 is 15.4. The SMILES string of the molecule is COc1cccc(/C=C/C(=O)OCC(=O)Nc2cccc(Cl)c2Cl)c1OC. The second kappa shape index (κ2) is 9.85. The Balaban J connectivity index is 1.93. The van der Waals surface area contributed by atoms with E-state index in [1.807, 2.05) is 0 Å². The Labute approximate surface area is 166 Å². The smallest absolute Gasteiger partial charge is 0.331 e. The van der Waals surface area contributed by atoms with Crippen molar-refractivity contribution in [2.24, 2.45) is 0 Å². The molecule has 2 rings (SSSR count). The number of ether oxygens (including phenoxy) is 3. The molecule has 0 spiro atoms. The van der Waals surface area contributed by atoms with Crippen molar-refractivity contribution in [2.75, 3.05) is 26.1 Å². The number of carbonyl (C=O) groups is 2. The Kier molecular flexibility index (Phi) is 7.52. The van der Waals surface area contributed by atoms with Crippen LogP contribution in [0.2, 0.25) is 10.0 Å². The van der Waals surface area contributed by atoms with E-state index >= 15 is 0 Å². The molecule has 0 heterocycles. The van der Waals surface area contributed by atoms with Crippen LogP contribution in [-0.4, -0.2) is 32.7 Å². The number of methoxy groups -OCH3 is 2. The van der Waals surface area contributed by atoms with Gasteiger partial charge in [0.15, 0.2) is 18.1 Å². The normalized spacial score (nSPS) is 10.5. The van der Waals surface area contributed by atoms with E-state index < -0.39 is 18.5 Å². The summed E-state index contributed by atoms with van der Waals surface area (Å²) in [6.45, 7) is -0.471. The van der Waals surface area contributed by atoms with Crippen molar-refractivity contribution >= 4 is 46.8 Å². The van der Waals surface area contributed by atoms with Crippen LogP contribution in [0.5, 0.6) is 11.5 Å². The lowest BCUT2D eigenvalue weighted by Crippen LogP contribution is -2.20. The lowest BCUT2D eigenvalue weighted by molar-refractivity contribution is -0.142. The third-order valence-corrected chi connectivity index (χ3v) is 4.22. The molecular formula is C19H17Cl2NO5. The predicted octanol–water partition coefficient (Wildman–Crippen LogP) is 4.21. The van der Waals surface area contributed by atoms with Crippen LogP contribution in [0.15, 0.2) is 42.5 Å². The Morgan fingerprint density at radius 2 is 1.81 bits per heavy atom. The van der Waals surface area contributed by atoms with Gasteiger partial charge in [0.2, 0.25) is 0 Å². The van der Waals surface area contributed by atoms with E-state index in [0.717, 1.165) is 0 Å². The standard InChI is InChI=1S/C19H17Cl2NO5/c1-25-15-8-3-5-12(19(15)26-2)9-10-17(24)27-11-16(23)22-14-7-4-6-13(20)18(14)21/h3-10H,11H2,1-2H3,(H,22,23)/b10-9+. The predicted molar refractivity (Wildman–Crippen MR) is 105 cm³/mol. The minimum Gasteiger partial charge on any atom is -0.493 e. The summed E-state index contributed by atoms with van der Waals surface area (Å²) in [5.41, 5.74) is 0.964. The third-order valence-electron chi connectivity index (χ3n) is 3.40. The first kappa shape index (κ1) is 20.6. The quantitative estimate of drug-likeness (QED) is 0.547. The van der Waals surface area contributed by atoms with Gasteiger partial charge in [0.25, 0.3) is 5.91 Å². The van der Waals surface area contributed by atoms with E-state index in [0.29, 0.717) is 27.8 Å². The van der Waals surface area contributed by atoms with Crippen LogP contribution in [0, 0.1) is 0 Å². The van der Waals surface area contributed by atoms with Crippen LogP contribution >= 0.6 is 23.2 Å². The monoisotopic (exact) mass is 409 g/mol. The molecule has 0 aliphatic carbocycles. The molecule has 0 aliphatic heterocycles. The number of carbonyl (C=O) groups excluding carboxylic acids is 2. The number of hydrogen-bond donors (Lipinski definition) is 1. The first-order valence-electron chi connectivity index (χ1n) is 7.76. The summed E-state index contributed by atoms with van der Waals surface area (Å²) in [4.78, 5) is 23.7. The highest BCUT2D eigenvalue weighted by Crippen LogP contribution is 2.31. The largest absolute Gasteiger partial charge is 0.493 e. The van der Waals surface area contributed by atoms with Gasteiger partial charge in [-0.05, 0) is 24.3 Å². The Morgan fingerprint density at radius 3 is 2.52 bits per heavy atom. The molecule has 0 bridgehead atoms. The third kappa shape index (κ3) is 5.64. The van der Waals surface area contributed by atoms with Gasteiger partial charge in [-0.15, -0.1) is 0 Å². The molecule has 0 atom stereocenters. The van der Waals surface area contributed by atoms with E-state index in [4.69, 9.17) is 37.4 Å². The maximum Gasteiger partial charge on any atom is 0.331 e. The Hall–Kier alpha value is -2.70. The number of rotatable bonds is 7. The first-order valence-corrected chi connectivity index (χ1v) is 8.51. The number of halogens is 2. The van der Waals surface area contributed by atoms with Crippen LogP contribution in [0.1, 0.15) is 5.56 Å². The van der Waals surface area contributed by atoms with Crippen molar-refractivity contribution in [3.05, 3.63) is 58.1 Å². The van der Waals surface area contributed by atoms with Crippen molar-refractivity contribution in [3.8, 4) is 11.5 Å². The van der Waals surface area contributed by atoms with Crippen LogP contribution < -0.4 is 14.8 Å². The molecule has 27 heavy (non-hydrogen) atoms. The number of hydrogen-bond acceptors (Lipinski definition) is 5. The number of anilines is 1. The Bertz CT molecular complexity index is 867. The molecule has 0 fully saturated rings. The van der Waals surface area contributed by atoms with Gasteiger partial charge in [-0.3, -0.25) is 4.79 Å². The van der Waals surface area contributed by atoms with Crippen LogP contribution in [0.25, 0.3) is 6.08 Å². The topological polar surface area (TPSA) is 73.9 Å². The maximum atomic E-state index is 11.9. The molecule has 0 unspecified atom stereocenters. The molecule has 0 saturated carbocycles. The highest BCUT2D eigenvalue weighted by atomic mass is 35.5. The Morgan fingerprint density at radius 1 is 1.07 bits per heavy atom. The summed E-state index contributed by atoms with van der Waals surface area (Å²) >= 11 is 11.9. The van der Waals surface area contributed by atoms with Gasteiger partial charge in [0.05, 0.1) is 30.0 Å². The van der Waals surface area contributed by atoms with Gasteiger partial charge < -0.3 is 19.5 Å². The maximum absolute atomic E-state index is 11.9. The first-order chi connectivity index (χ1) is 13.0. The second-order valence-electron chi connectivity index (χ2n) is 5.17. The minimum atomic E-state index is -0.688. The summed E-state index contributed by atoms with van der Waals surface area (Å²) in [6, 6.07) is 10.1. The molecule has 2 aromatic carbocycles. The summed E-state index contributed by atoms with van der Waals surface area (Å²) in [5.74, 6) is -0.213.